The summed E-state index contributed by atoms with van der Waals surface area (Å²) in [4.78, 5) is 0. The van der Waals surface area contributed by atoms with E-state index in [1.807, 2.05) is 36.4 Å². The molecule has 0 aromatic heterocycles. The van der Waals surface area contributed by atoms with Gasteiger partial charge >= 0.3 is 0 Å². The molecule has 1 aliphatic rings. The molecule has 2 aromatic rings. The van der Waals surface area contributed by atoms with E-state index in [0.717, 1.165) is 0 Å². The maximum Gasteiger partial charge on any atom is 0.0913 e. The third kappa shape index (κ3) is 2.14. The Morgan fingerprint density at radius 1 is 1.00 bits per heavy atom. The zero-order valence-electron chi connectivity index (χ0n) is 11.3. The van der Waals surface area contributed by atoms with Crippen molar-refractivity contribution < 1.29 is 5.06 Å². The molecular formula is C17H18ClNO. The Morgan fingerprint density at radius 3 is 1.95 bits per heavy atom. The van der Waals surface area contributed by atoms with Crippen molar-refractivity contribution in [3.63, 3.8) is 0 Å². The molecule has 0 bridgehead atoms. The standard InChI is InChI=1S/C17H18ClNO/c18-11-16-12-19(20)13-17(16,14-7-3-1-4-8-14)15-9-5-2-6-10-15/h1-10,16,19H,11-13H2. The second kappa shape index (κ2) is 5.57. The summed E-state index contributed by atoms with van der Waals surface area (Å²) in [5.41, 5.74) is 2.13. The Bertz CT molecular complexity index is 518. The van der Waals surface area contributed by atoms with Crippen LogP contribution in [0.3, 0.4) is 0 Å². The monoisotopic (exact) mass is 287 g/mol. The first-order valence-electron chi connectivity index (χ1n) is 6.96. The predicted octanol–water partition coefficient (Wildman–Crippen LogP) is 2.22. The van der Waals surface area contributed by atoms with Gasteiger partial charge in [0.15, 0.2) is 0 Å². The van der Waals surface area contributed by atoms with Crippen molar-refractivity contribution in [3.8, 4) is 0 Å². The van der Waals surface area contributed by atoms with Crippen LogP contribution in [0.15, 0.2) is 60.7 Å². The Hall–Kier alpha value is -1.35. The summed E-state index contributed by atoms with van der Waals surface area (Å²) in [5.74, 6) is 0.677. The molecule has 0 amide bonds. The second-order valence-corrected chi connectivity index (χ2v) is 5.78. The number of alkyl halides is 1. The quantitative estimate of drug-likeness (QED) is 0.680. The van der Waals surface area contributed by atoms with Crippen molar-refractivity contribution in [1.82, 2.24) is 0 Å². The van der Waals surface area contributed by atoms with E-state index in [0.29, 0.717) is 24.0 Å². The smallest absolute Gasteiger partial charge is 0.0913 e. The molecule has 0 radical (unpaired) electrons. The highest BCUT2D eigenvalue weighted by Crippen LogP contribution is 2.40. The number of halogens is 1. The summed E-state index contributed by atoms with van der Waals surface area (Å²) in [5, 5.41) is 12.4. The number of hydrogen-bond acceptors (Lipinski definition) is 1. The van der Waals surface area contributed by atoms with Crippen LogP contribution in [0.4, 0.5) is 0 Å². The van der Waals surface area contributed by atoms with Crippen LogP contribution in [0, 0.1) is 11.1 Å². The van der Waals surface area contributed by atoms with Gasteiger partial charge in [-0.2, -0.15) is 0 Å². The lowest BCUT2D eigenvalue weighted by Gasteiger charge is -2.33. The van der Waals surface area contributed by atoms with Crippen molar-refractivity contribution >= 4 is 11.6 Å². The van der Waals surface area contributed by atoms with E-state index in [-0.39, 0.29) is 11.3 Å². The molecular weight excluding hydrogens is 270 g/mol. The summed E-state index contributed by atoms with van der Waals surface area (Å²) < 4.78 is 0. The van der Waals surface area contributed by atoms with Crippen LogP contribution >= 0.6 is 11.6 Å². The predicted molar refractivity (Wildman–Crippen MR) is 81.9 cm³/mol. The topological polar surface area (TPSA) is 27.5 Å². The van der Waals surface area contributed by atoms with Gasteiger partial charge in [0.25, 0.3) is 0 Å². The average Bonchev–Trinajstić information content (AvgIpc) is 2.87. The Morgan fingerprint density at radius 2 is 1.50 bits per heavy atom. The minimum Gasteiger partial charge on any atom is -0.634 e. The maximum atomic E-state index is 12.1. The zero-order chi connectivity index (χ0) is 14.0. The van der Waals surface area contributed by atoms with Crippen molar-refractivity contribution in [2.45, 2.75) is 5.41 Å². The third-order valence-corrected chi connectivity index (χ3v) is 4.78. The van der Waals surface area contributed by atoms with E-state index in [1.54, 1.807) is 0 Å². The highest BCUT2D eigenvalue weighted by atomic mass is 35.5. The van der Waals surface area contributed by atoms with E-state index < -0.39 is 0 Å². The first kappa shape index (κ1) is 13.6. The molecule has 3 rings (SSSR count). The van der Waals surface area contributed by atoms with Crippen LogP contribution in [0.2, 0.25) is 0 Å². The normalized spacial score (nSPS) is 24.7. The van der Waals surface area contributed by atoms with Crippen LogP contribution in [-0.4, -0.2) is 19.0 Å². The van der Waals surface area contributed by atoms with E-state index in [9.17, 15) is 5.21 Å². The fourth-order valence-corrected chi connectivity index (χ4v) is 3.85. The fourth-order valence-electron chi connectivity index (χ4n) is 3.48. The minimum absolute atomic E-state index is 0.168. The molecule has 104 valence electrons. The van der Waals surface area contributed by atoms with Gasteiger partial charge in [-0.3, -0.25) is 0 Å². The molecule has 1 heterocycles. The molecule has 2 atom stereocenters. The fraction of sp³-hybridized carbons (Fsp3) is 0.294. The van der Waals surface area contributed by atoms with Crippen molar-refractivity contribution in [2.24, 2.45) is 5.92 Å². The van der Waals surface area contributed by atoms with Gasteiger partial charge in [0, 0.05) is 11.8 Å². The molecule has 1 fully saturated rings. The van der Waals surface area contributed by atoms with Crippen molar-refractivity contribution in [2.75, 3.05) is 19.0 Å². The molecule has 2 unspecified atom stereocenters. The molecule has 0 aliphatic carbocycles. The molecule has 0 saturated carbocycles. The van der Waals surface area contributed by atoms with Gasteiger partial charge in [-0.15, -0.1) is 11.6 Å². The molecule has 0 spiro atoms. The van der Waals surface area contributed by atoms with Crippen LogP contribution in [-0.2, 0) is 5.41 Å². The van der Waals surface area contributed by atoms with Gasteiger partial charge in [-0.1, -0.05) is 60.7 Å². The van der Waals surface area contributed by atoms with Gasteiger partial charge < -0.3 is 10.3 Å². The SMILES string of the molecule is [O-][NH+]1CC(CCl)C(c2ccccc2)(c2ccccc2)C1. The Balaban J connectivity index is 2.18. The molecule has 2 aromatic carbocycles. The number of hydroxylamine groups is 2. The van der Waals surface area contributed by atoms with Crippen LogP contribution < -0.4 is 5.06 Å². The first-order chi connectivity index (χ1) is 9.77. The lowest BCUT2D eigenvalue weighted by Crippen LogP contribution is -3.05. The van der Waals surface area contributed by atoms with E-state index in [1.165, 1.54) is 11.1 Å². The summed E-state index contributed by atoms with van der Waals surface area (Å²) in [6.45, 7) is 1.13. The summed E-state index contributed by atoms with van der Waals surface area (Å²) in [6.07, 6.45) is 0. The van der Waals surface area contributed by atoms with Crippen LogP contribution in [0.1, 0.15) is 11.1 Å². The molecule has 3 heteroatoms. The number of hydrogen-bond donors (Lipinski definition) is 1. The van der Waals surface area contributed by atoms with Crippen molar-refractivity contribution in [1.29, 1.82) is 0 Å². The molecule has 20 heavy (non-hydrogen) atoms. The Labute approximate surface area is 124 Å². The molecule has 1 aliphatic heterocycles. The third-order valence-electron chi connectivity index (χ3n) is 4.41. The van der Waals surface area contributed by atoms with E-state index in [2.05, 4.69) is 24.3 Å². The Kier molecular flexibility index (Phi) is 3.79. The minimum atomic E-state index is -0.263. The summed E-state index contributed by atoms with van der Waals surface area (Å²) in [6, 6.07) is 20.6. The van der Waals surface area contributed by atoms with Crippen molar-refractivity contribution in [3.05, 3.63) is 77.0 Å². The number of benzene rings is 2. The second-order valence-electron chi connectivity index (χ2n) is 5.47. The van der Waals surface area contributed by atoms with Gasteiger partial charge in [0.2, 0.25) is 0 Å². The zero-order valence-corrected chi connectivity index (χ0v) is 12.0. The van der Waals surface area contributed by atoms with Crippen LogP contribution in [0.5, 0.6) is 0 Å². The average molecular weight is 288 g/mol. The van der Waals surface area contributed by atoms with Crippen LogP contribution in [0.25, 0.3) is 0 Å². The first-order valence-corrected chi connectivity index (χ1v) is 7.49. The molecule has 1 saturated heterocycles. The van der Waals surface area contributed by atoms with Gasteiger partial charge in [-0.25, -0.2) is 0 Å². The largest absolute Gasteiger partial charge is 0.634 e. The lowest BCUT2D eigenvalue weighted by atomic mass is 9.68. The highest BCUT2D eigenvalue weighted by molar-refractivity contribution is 6.18. The summed E-state index contributed by atoms with van der Waals surface area (Å²) >= 11 is 6.20. The highest BCUT2D eigenvalue weighted by Gasteiger charge is 2.49. The lowest BCUT2D eigenvalue weighted by molar-refractivity contribution is -0.837. The van der Waals surface area contributed by atoms with Gasteiger partial charge in [0.1, 0.15) is 0 Å². The summed E-state index contributed by atoms with van der Waals surface area (Å²) in [7, 11) is 0. The number of rotatable bonds is 3. The van der Waals surface area contributed by atoms with Gasteiger partial charge in [-0.05, 0) is 11.1 Å². The number of nitrogens with one attached hydrogen (secondary N) is 1. The van der Waals surface area contributed by atoms with E-state index >= 15 is 0 Å². The molecule has 2 nitrogen and oxygen atoms in total. The maximum absolute atomic E-state index is 12.1. The number of quaternary nitrogens is 1. The van der Waals surface area contributed by atoms with Gasteiger partial charge in [0.05, 0.1) is 18.5 Å². The van der Waals surface area contributed by atoms with E-state index in [4.69, 9.17) is 11.6 Å². The molecule has 1 N–H and O–H groups in total.